The van der Waals surface area contributed by atoms with Gasteiger partial charge in [-0.15, -0.1) is 0 Å². The molecule has 3 rings (SSSR count). The van der Waals surface area contributed by atoms with E-state index in [0.717, 1.165) is 0 Å². The van der Waals surface area contributed by atoms with Crippen LogP contribution in [0.2, 0.25) is 0 Å². The molecular weight excluding hydrogens is 356 g/mol. The number of benzene rings is 1. The van der Waals surface area contributed by atoms with Crippen LogP contribution in [0.15, 0.2) is 36.7 Å². The lowest BCUT2D eigenvalue weighted by molar-refractivity contribution is 0.0935. The van der Waals surface area contributed by atoms with Gasteiger partial charge in [0.25, 0.3) is 5.91 Å². The summed E-state index contributed by atoms with van der Waals surface area (Å²) < 4.78 is 22.9. The molecule has 0 saturated carbocycles. The third kappa shape index (κ3) is 4.42. The molecule has 26 heavy (non-hydrogen) atoms. The lowest BCUT2D eigenvalue weighted by atomic mass is 10.1. The van der Waals surface area contributed by atoms with Gasteiger partial charge in [-0.05, 0) is 37.6 Å². The number of hydrogen-bond acceptors (Lipinski definition) is 7. The van der Waals surface area contributed by atoms with Gasteiger partial charge in [0.05, 0.1) is 11.5 Å². The first-order chi connectivity index (χ1) is 12.3. The summed E-state index contributed by atoms with van der Waals surface area (Å²) >= 11 is 0. The number of ketones is 1. The Hall–Kier alpha value is -2.81. The molecule has 1 amide bonds. The molecule has 2 heterocycles. The molecule has 1 aliphatic heterocycles. The molecule has 8 nitrogen and oxygen atoms in total. The maximum absolute atomic E-state index is 12.3. The van der Waals surface area contributed by atoms with Gasteiger partial charge in [0.2, 0.25) is 0 Å². The van der Waals surface area contributed by atoms with E-state index in [4.69, 9.17) is 0 Å². The average molecular weight is 374 g/mol. The summed E-state index contributed by atoms with van der Waals surface area (Å²) in [5, 5.41) is 5.72. The lowest BCUT2D eigenvalue weighted by Gasteiger charge is -2.11. The number of rotatable bonds is 5. The summed E-state index contributed by atoms with van der Waals surface area (Å²) in [4.78, 5) is 31.6. The Balaban J connectivity index is 1.67. The summed E-state index contributed by atoms with van der Waals surface area (Å²) in [6, 6.07) is 7.96. The largest absolute Gasteiger partial charge is 0.347 e. The third-order valence-electron chi connectivity index (χ3n) is 4.03. The molecule has 2 aromatic rings. The molecule has 1 saturated heterocycles. The number of nitrogens with one attached hydrogen (secondary N) is 2. The number of sulfone groups is 1. The predicted molar refractivity (Wildman–Crippen MR) is 96.3 cm³/mol. The second kappa shape index (κ2) is 7.20. The summed E-state index contributed by atoms with van der Waals surface area (Å²) in [7, 11) is -3.07. The van der Waals surface area contributed by atoms with Crippen LogP contribution in [-0.2, 0) is 9.84 Å². The number of aromatic nitrogens is 2. The van der Waals surface area contributed by atoms with Gasteiger partial charge in [0, 0.05) is 23.4 Å². The monoisotopic (exact) mass is 374 g/mol. The molecule has 1 fully saturated rings. The van der Waals surface area contributed by atoms with Crippen molar-refractivity contribution < 1.29 is 18.0 Å². The van der Waals surface area contributed by atoms with Crippen molar-refractivity contribution in [3.05, 3.63) is 47.9 Å². The van der Waals surface area contributed by atoms with Gasteiger partial charge in [-0.3, -0.25) is 9.59 Å². The molecule has 0 radical (unpaired) electrons. The Kier molecular flexibility index (Phi) is 4.99. The van der Waals surface area contributed by atoms with Gasteiger partial charge in [-0.25, -0.2) is 18.4 Å². The van der Waals surface area contributed by atoms with Gasteiger partial charge >= 0.3 is 0 Å². The van der Waals surface area contributed by atoms with Gasteiger partial charge < -0.3 is 10.6 Å². The van der Waals surface area contributed by atoms with Crippen molar-refractivity contribution in [2.45, 2.75) is 19.4 Å². The van der Waals surface area contributed by atoms with Gasteiger partial charge in [0.15, 0.2) is 15.6 Å². The number of carbonyl (C=O) groups excluding carboxylic acids is 2. The fraction of sp³-hybridized carbons (Fsp3) is 0.294. The van der Waals surface area contributed by atoms with Crippen molar-refractivity contribution in [3.8, 4) is 0 Å². The van der Waals surface area contributed by atoms with E-state index in [-0.39, 0.29) is 23.0 Å². The molecule has 1 aliphatic rings. The fourth-order valence-electron chi connectivity index (χ4n) is 2.65. The van der Waals surface area contributed by atoms with Crippen molar-refractivity contribution in [3.63, 3.8) is 0 Å². The minimum absolute atomic E-state index is 0.0218. The maximum atomic E-state index is 12.3. The van der Waals surface area contributed by atoms with Crippen molar-refractivity contribution in [2.75, 3.05) is 16.8 Å². The van der Waals surface area contributed by atoms with Crippen molar-refractivity contribution >= 4 is 33.0 Å². The van der Waals surface area contributed by atoms with Gasteiger partial charge in [-0.2, -0.15) is 0 Å². The van der Waals surface area contributed by atoms with E-state index in [9.17, 15) is 18.0 Å². The number of carbonyl (C=O) groups is 2. The Morgan fingerprint density at radius 1 is 1.15 bits per heavy atom. The molecule has 1 aromatic carbocycles. The van der Waals surface area contributed by atoms with Crippen LogP contribution in [0, 0.1) is 0 Å². The topological polar surface area (TPSA) is 118 Å². The Bertz CT molecular complexity index is 941. The van der Waals surface area contributed by atoms with Crippen LogP contribution >= 0.6 is 0 Å². The van der Waals surface area contributed by atoms with Crippen LogP contribution in [0.1, 0.15) is 34.2 Å². The molecule has 0 aliphatic carbocycles. The van der Waals surface area contributed by atoms with E-state index in [0.29, 0.717) is 23.5 Å². The predicted octanol–water partition coefficient (Wildman–Crippen LogP) is 1.34. The zero-order valence-corrected chi connectivity index (χ0v) is 14.9. The van der Waals surface area contributed by atoms with Crippen LogP contribution in [0.25, 0.3) is 0 Å². The summed E-state index contributed by atoms with van der Waals surface area (Å²) in [6.07, 6.45) is 1.67. The van der Waals surface area contributed by atoms with Gasteiger partial charge in [-0.1, -0.05) is 0 Å². The van der Waals surface area contributed by atoms with Crippen LogP contribution in [0.5, 0.6) is 0 Å². The van der Waals surface area contributed by atoms with E-state index in [1.54, 1.807) is 24.3 Å². The smallest absolute Gasteiger partial charge is 0.270 e. The highest BCUT2D eigenvalue weighted by molar-refractivity contribution is 7.91. The summed E-state index contributed by atoms with van der Waals surface area (Å²) in [6.45, 7) is 1.49. The van der Waals surface area contributed by atoms with Crippen LogP contribution in [0.3, 0.4) is 0 Å². The number of hydrogen-bond donors (Lipinski definition) is 2. The van der Waals surface area contributed by atoms with Crippen LogP contribution in [-0.4, -0.2) is 47.6 Å². The zero-order valence-electron chi connectivity index (χ0n) is 14.1. The molecule has 0 bridgehead atoms. The SMILES string of the molecule is CC(=O)c1ccc(Nc2cc(C(=O)NC3CCS(=O)(=O)C3)ncn2)cc1. The molecular formula is C17H18N4O4S. The van der Waals surface area contributed by atoms with E-state index < -0.39 is 21.8 Å². The number of amides is 1. The first-order valence-electron chi connectivity index (χ1n) is 8.04. The first kappa shape index (κ1) is 18.0. The quantitative estimate of drug-likeness (QED) is 0.758. The normalized spacial score (nSPS) is 18.3. The standard InChI is InChI=1S/C17H18N4O4S/c1-11(22)12-2-4-13(5-3-12)20-16-8-15(18-10-19-16)17(23)21-14-6-7-26(24,25)9-14/h2-5,8,10,14H,6-7,9H2,1H3,(H,21,23)(H,18,19,20). The number of anilines is 2. The highest BCUT2D eigenvalue weighted by atomic mass is 32.2. The first-order valence-corrected chi connectivity index (χ1v) is 9.86. The number of Topliss-reactive ketones (excluding diaryl/α,β-unsaturated/α-hetero) is 1. The van der Waals surface area contributed by atoms with Crippen LogP contribution in [0.4, 0.5) is 11.5 Å². The number of nitrogens with zero attached hydrogens (tertiary/aromatic N) is 2. The zero-order chi connectivity index (χ0) is 18.7. The Labute approximate surface area is 151 Å². The third-order valence-corrected chi connectivity index (χ3v) is 5.80. The summed E-state index contributed by atoms with van der Waals surface area (Å²) in [5.41, 5.74) is 1.46. The molecule has 1 unspecified atom stereocenters. The fourth-order valence-corrected chi connectivity index (χ4v) is 4.33. The molecule has 1 aromatic heterocycles. The second-order valence-corrected chi connectivity index (χ2v) is 8.35. The van der Waals surface area contributed by atoms with Crippen LogP contribution < -0.4 is 10.6 Å². The van der Waals surface area contributed by atoms with Crippen molar-refractivity contribution in [2.24, 2.45) is 0 Å². The lowest BCUT2D eigenvalue weighted by Crippen LogP contribution is -2.36. The Morgan fingerprint density at radius 2 is 1.88 bits per heavy atom. The Morgan fingerprint density at radius 3 is 2.50 bits per heavy atom. The molecule has 136 valence electrons. The summed E-state index contributed by atoms with van der Waals surface area (Å²) in [5.74, 6) is -0.00177. The minimum Gasteiger partial charge on any atom is -0.347 e. The highest BCUT2D eigenvalue weighted by Gasteiger charge is 2.29. The molecule has 2 N–H and O–H groups in total. The molecule has 9 heteroatoms. The molecule has 1 atom stereocenters. The van der Waals surface area contributed by atoms with E-state index in [2.05, 4.69) is 20.6 Å². The average Bonchev–Trinajstić information content (AvgIpc) is 2.94. The highest BCUT2D eigenvalue weighted by Crippen LogP contribution is 2.16. The second-order valence-electron chi connectivity index (χ2n) is 6.12. The van der Waals surface area contributed by atoms with E-state index in [1.165, 1.54) is 19.3 Å². The molecule has 0 spiro atoms. The minimum atomic E-state index is -3.07. The van der Waals surface area contributed by atoms with Crippen molar-refractivity contribution in [1.29, 1.82) is 0 Å². The van der Waals surface area contributed by atoms with Gasteiger partial charge in [0.1, 0.15) is 17.8 Å². The maximum Gasteiger partial charge on any atom is 0.270 e. The van der Waals surface area contributed by atoms with E-state index >= 15 is 0 Å². The van der Waals surface area contributed by atoms with Crippen molar-refractivity contribution in [1.82, 2.24) is 15.3 Å². The van der Waals surface area contributed by atoms with E-state index in [1.807, 2.05) is 0 Å².